The highest BCUT2D eigenvalue weighted by Gasteiger charge is 2.31. The minimum atomic E-state index is -4.49. The largest absolute Gasteiger partial charge is 0.475 e. The maximum atomic E-state index is 12.6. The normalized spacial score (nSPS) is 11.7. The van der Waals surface area contributed by atoms with Gasteiger partial charge in [-0.15, -0.1) is 24.0 Å². The molecule has 0 aliphatic rings. The van der Waals surface area contributed by atoms with Crippen LogP contribution in [0.25, 0.3) is 0 Å². The Hall–Kier alpha value is -1.76. The van der Waals surface area contributed by atoms with E-state index < -0.39 is 11.7 Å². The minimum absolute atomic E-state index is 0. The zero-order valence-electron chi connectivity index (χ0n) is 15.7. The van der Waals surface area contributed by atoms with E-state index in [0.29, 0.717) is 31.8 Å². The number of alkyl halides is 3. The highest BCUT2D eigenvalue weighted by molar-refractivity contribution is 14.0. The van der Waals surface area contributed by atoms with Crippen molar-refractivity contribution in [1.29, 1.82) is 0 Å². The second kappa shape index (κ2) is 12.7. The topological polar surface area (TPSA) is 76.4 Å². The summed E-state index contributed by atoms with van der Waals surface area (Å²) in [6.07, 6.45) is 0.655. The van der Waals surface area contributed by atoms with E-state index >= 15 is 0 Å². The number of hydrogen-bond donors (Lipinski definition) is 2. The number of pyridine rings is 1. The Morgan fingerprint density at radius 1 is 1.34 bits per heavy atom. The monoisotopic (exact) mass is 546 g/mol. The Morgan fingerprint density at radius 3 is 2.76 bits per heavy atom. The van der Waals surface area contributed by atoms with Crippen molar-refractivity contribution in [3.8, 4) is 5.88 Å². The predicted octanol–water partition coefficient (Wildman–Crippen LogP) is 3.59. The van der Waals surface area contributed by atoms with Crippen LogP contribution in [0.5, 0.6) is 5.88 Å². The lowest BCUT2D eigenvalue weighted by Crippen LogP contribution is -2.39. The summed E-state index contributed by atoms with van der Waals surface area (Å²) in [4.78, 5) is 8.07. The van der Waals surface area contributed by atoms with E-state index in [9.17, 15) is 13.2 Å². The summed E-state index contributed by atoms with van der Waals surface area (Å²) in [6.45, 7) is 4.57. The van der Waals surface area contributed by atoms with Crippen LogP contribution < -0.4 is 15.4 Å². The van der Waals surface area contributed by atoms with Gasteiger partial charge in [0, 0.05) is 38.2 Å². The van der Waals surface area contributed by atoms with Crippen LogP contribution >= 0.6 is 35.6 Å². The number of nitrogens with zero attached hydrogens (tertiary/aromatic N) is 4. The smallest absolute Gasteiger partial charge is 0.417 e. The van der Waals surface area contributed by atoms with Gasteiger partial charge in [-0.25, -0.2) is 4.98 Å². The molecule has 0 bridgehead atoms. The van der Waals surface area contributed by atoms with Crippen LogP contribution in [0.3, 0.4) is 0 Å². The molecule has 0 aliphatic carbocycles. The molecule has 2 heterocycles. The average Bonchev–Trinajstić information content (AvgIpc) is 3.15. The van der Waals surface area contributed by atoms with Crippen molar-refractivity contribution >= 4 is 41.5 Å². The van der Waals surface area contributed by atoms with Gasteiger partial charge in [0.2, 0.25) is 5.88 Å². The van der Waals surface area contributed by atoms with Gasteiger partial charge in [0.15, 0.2) is 5.96 Å². The highest BCUT2D eigenvalue weighted by atomic mass is 127. The van der Waals surface area contributed by atoms with Crippen LogP contribution in [0.1, 0.15) is 18.9 Å². The number of aliphatic imine (C=N–C) groups is 1. The number of aryl methyl sites for hydroxylation is 1. The van der Waals surface area contributed by atoms with Crippen molar-refractivity contribution in [3.05, 3.63) is 41.3 Å². The van der Waals surface area contributed by atoms with Gasteiger partial charge in [0.1, 0.15) is 11.6 Å². The molecule has 7 nitrogen and oxygen atoms in total. The molecule has 0 aromatic carbocycles. The van der Waals surface area contributed by atoms with Crippen molar-refractivity contribution in [2.45, 2.75) is 26.1 Å². The van der Waals surface area contributed by atoms with Crippen molar-refractivity contribution in [2.24, 2.45) is 4.99 Å². The number of nitrogens with one attached hydrogen (secondary N) is 2. The van der Waals surface area contributed by atoms with E-state index in [1.807, 2.05) is 23.9 Å². The zero-order chi connectivity index (χ0) is 20.4. The van der Waals surface area contributed by atoms with Crippen LogP contribution in [0.15, 0.2) is 35.7 Å². The summed E-state index contributed by atoms with van der Waals surface area (Å²) in [6, 6.07) is 2.66. The van der Waals surface area contributed by atoms with Crippen molar-refractivity contribution in [2.75, 3.05) is 26.2 Å². The number of hydrogen-bond acceptors (Lipinski definition) is 4. The van der Waals surface area contributed by atoms with Gasteiger partial charge in [-0.2, -0.15) is 18.3 Å². The summed E-state index contributed by atoms with van der Waals surface area (Å²) >= 11 is 5.80. The molecule has 0 saturated carbocycles. The van der Waals surface area contributed by atoms with Crippen LogP contribution in [0, 0.1) is 0 Å². The Kier molecular flexibility index (Phi) is 11.1. The molecule has 0 spiro atoms. The third kappa shape index (κ3) is 9.07. The number of halogens is 5. The van der Waals surface area contributed by atoms with E-state index in [2.05, 4.69) is 25.7 Å². The van der Waals surface area contributed by atoms with E-state index in [-0.39, 0.29) is 41.5 Å². The fourth-order valence-electron chi connectivity index (χ4n) is 2.20. The number of aromatic nitrogens is 3. The average molecular weight is 547 g/mol. The molecule has 162 valence electrons. The molecule has 2 aromatic rings. The Labute approximate surface area is 189 Å². The van der Waals surface area contributed by atoms with Gasteiger partial charge in [0.25, 0.3) is 0 Å². The van der Waals surface area contributed by atoms with Crippen molar-refractivity contribution in [1.82, 2.24) is 25.4 Å². The van der Waals surface area contributed by atoms with Gasteiger partial charge in [-0.1, -0.05) is 11.6 Å². The summed E-state index contributed by atoms with van der Waals surface area (Å²) < 4.78 is 45.0. The maximum absolute atomic E-state index is 12.6. The Morgan fingerprint density at radius 2 is 2.14 bits per heavy atom. The fraction of sp³-hybridized carbons (Fsp3) is 0.471. The predicted molar refractivity (Wildman–Crippen MR) is 116 cm³/mol. The van der Waals surface area contributed by atoms with Crippen LogP contribution in [0.2, 0.25) is 5.02 Å². The summed E-state index contributed by atoms with van der Waals surface area (Å²) in [5.74, 6) is 0.579. The molecular weight excluding hydrogens is 524 g/mol. The molecular formula is C17H23ClF3IN6O. The fourth-order valence-corrected chi connectivity index (χ4v) is 2.42. The summed E-state index contributed by atoms with van der Waals surface area (Å²) in [5.41, 5.74) is -0.917. The lowest BCUT2D eigenvalue weighted by Gasteiger charge is -2.13. The molecule has 29 heavy (non-hydrogen) atoms. The van der Waals surface area contributed by atoms with Gasteiger partial charge in [-0.05, 0) is 25.5 Å². The molecule has 0 fully saturated rings. The molecule has 0 aliphatic heterocycles. The lowest BCUT2D eigenvalue weighted by atomic mass is 10.3. The van der Waals surface area contributed by atoms with Crippen molar-refractivity contribution < 1.29 is 17.9 Å². The minimum Gasteiger partial charge on any atom is -0.475 e. The molecule has 2 N–H and O–H groups in total. The standard InChI is InChI=1S/C17H22ClF3N6O.HI/c1-2-22-16(23-5-3-8-27-9-4-6-26-27)24-7-10-28-15-14(18)11-13(12-25-15)17(19,20)21;/h4,6,9,11-12H,2-3,5,7-8,10H2,1H3,(H2,22,23,24);1H. The van der Waals surface area contributed by atoms with E-state index in [1.165, 1.54) is 0 Å². The molecule has 0 saturated heterocycles. The van der Waals surface area contributed by atoms with Gasteiger partial charge < -0.3 is 15.4 Å². The lowest BCUT2D eigenvalue weighted by molar-refractivity contribution is -0.137. The summed E-state index contributed by atoms with van der Waals surface area (Å²) in [5, 5.41) is 10.1. The SMILES string of the molecule is CCNC(=NCCCn1cccn1)NCCOc1ncc(C(F)(F)F)cc1Cl.I. The highest BCUT2D eigenvalue weighted by Crippen LogP contribution is 2.32. The first-order valence-electron chi connectivity index (χ1n) is 8.75. The Bertz CT molecular complexity index is 758. The second-order valence-electron chi connectivity index (χ2n) is 5.67. The van der Waals surface area contributed by atoms with Gasteiger partial charge in [0.05, 0.1) is 12.1 Å². The summed E-state index contributed by atoms with van der Waals surface area (Å²) in [7, 11) is 0. The maximum Gasteiger partial charge on any atom is 0.417 e. The van der Waals surface area contributed by atoms with E-state index in [1.54, 1.807) is 6.20 Å². The number of rotatable bonds is 9. The molecule has 0 atom stereocenters. The van der Waals surface area contributed by atoms with Gasteiger partial charge >= 0.3 is 6.18 Å². The molecule has 0 amide bonds. The second-order valence-corrected chi connectivity index (χ2v) is 6.07. The van der Waals surface area contributed by atoms with E-state index in [0.717, 1.165) is 19.0 Å². The first-order valence-corrected chi connectivity index (χ1v) is 9.13. The van der Waals surface area contributed by atoms with Crippen LogP contribution in [-0.2, 0) is 12.7 Å². The molecule has 12 heteroatoms. The first-order chi connectivity index (χ1) is 13.4. The molecule has 0 unspecified atom stereocenters. The van der Waals surface area contributed by atoms with Crippen LogP contribution in [-0.4, -0.2) is 47.0 Å². The molecule has 2 rings (SSSR count). The molecule has 2 aromatic heterocycles. The van der Waals surface area contributed by atoms with Crippen molar-refractivity contribution in [3.63, 3.8) is 0 Å². The zero-order valence-corrected chi connectivity index (χ0v) is 18.8. The van der Waals surface area contributed by atoms with E-state index in [4.69, 9.17) is 16.3 Å². The first kappa shape index (κ1) is 25.3. The third-order valence-corrected chi connectivity index (χ3v) is 3.76. The Balaban J connectivity index is 0.00000420. The van der Waals surface area contributed by atoms with Crippen LogP contribution in [0.4, 0.5) is 13.2 Å². The third-order valence-electron chi connectivity index (χ3n) is 3.49. The number of guanidine groups is 1. The molecule has 0 radical (unpaired) electrons. The quantitative estimate of drug-likeness (QED) is 0.218. The number of ether oxygens (including phenoxy) is 1. The van der Waals surface area contributed by atoms with Gasteiger partial charge in [-0.3, -0.25) is 9.67 Å².